The van der Waals surface area contributed by atoms with Crippen molar-refractivity contribution in [3.63, 3.8) is 0 Å². The van der Waals surface area contributed by atoms with Crippen LogP contribution >= 0.6 is 0 Å². The maximum atomic E-state index is 12.8. The van der Waals surface area contributed by atoms with Crippen LogP contribution in [0.1, 0.15) is 45.8 Å². The Bertz CT molecular complexity index is 769. The van der Waals surface area contributed by atoms with Crippen LogP contribution in [0.3, 0.4) is 0 Å². The van der Waals surface area contributed by atoms with Crippen molar-refractivity contribution >= 4 is 11.9 Å². The van der Waals surface area contributed by atoms with E-state index in [1.54, 1.807) is 30.3 Å². The highest BCUT2D eigenvalue weighted by Gasteiger charge is 2.40. The number of hydrogen-bond acceptors (Lipinski definition) is 4. The summed E-state index contributed by atoms with van der Waals surface area (Å²) in [6, 6.07) is 10.8. The Morgan fingerprint density at radius 2 is 2.00 bits per heavy atom. The third kappa shape index (κ3) is 2.70. The lowest BCUT2D eigenvalue weighted by Crippen LogP contribution is -2.28. The van der Waals surface area contributed by atoms with Crippen LogP contribution in [-0.2, 0) is 16.9 Å². The van der Waals surface area contributed by atoms with Gasteiger partial charge in [-0.3, -0.25) is 9.78 Å². The largest absolute Gasteiger partial charge is 0.451 e. The average Bonchev–Trinajstić information content (AvgIpc) is 2.77. The summed E-state index contributed by atoms with van der Waals surface area (Å²) in [6.07, 6.45) is 1.69. The Morgan fingerprint density at radius 1 is 1.22 bits per heavy atom. The van der Waals surface area contributed by atoms with E-state index in [4.69, 9.17) is 4.74 Å². The fourth-order valence-electron chi connectivity index (χ4n) is 2.80. The SMILES string of the molecule is CN(Cc1ccccn1)C(=O)c1cccc2c1C(=O)OC2(C)C. The van der Waals surface area contributed by atoms with Crippen molar-refractivity contribution in [3.05, 3.63) is 65.0 Å². The number of esters is 1. The van der Waals surface area contributed by atoms with E-state index < -0.39 is 11.6 Å². The summed E-state index contributed by atoms with van der Waals surface area (Å²) in [5, 5.41) is 0. The summed E-state index contributed by atoms with van der Waals surface area (Å²) in [5.74, 6) is -0.665. The molecule has 0 saturated heterocycles. The van der Waals surface area contributed by atoms with Crippen LogP contribution in [0.25, 0.3) is 0 Å². The van der Waals surface area contributed by atoms with Gasteiger partial charge in [-0.1, -0.05) is 18.2 Å². The highest BCUT2D eigenvalue weighted by molar-refractivity contribution is 6.07. The molecule has 5 nitrogen and oxygen atoms in total. The number of carbonyl (C=O) groups is 2. The van der Waals surface area contributed by atoms with Crippen LogP contribution < -0.4 is 0 Å². The Labute approximate surface area is 134 Å². The molecule has 1 aliphatic rings. The van der Waals surface area contributed by atoms with Crippen molar-refractivity contribution in [2.24, 2.45) is 0 Å². The van der Waals surface area contributed by atoms with Crippen molar-refractivity contribution in [3.8, 4) is 0 Å². The topological polar surface area (TPSA) is 59.5 Å². The molecule has 2 aromatic rings. The number of fused-ring (bicyclic) bond motifs is 1. The maximum Gasteiger partial charge on any atom is 0.340 e. The van der Waals surface area contributed by atoms with Crippen molar-refractivity contribution in [1.29, 1.82) is 0 Å². The summed E-state index contributed by atoms with van der Waals surface area (Å²) in [5.41, 5.74) is 1.58. The molecule has 1 amide bonds. The summed E-state index contributed by atoms with van der Waals surface area (Å²) in [7, 11) is 1.70. The van der Waals surface area contributed by atoms with Crippen LogP contribution in [0.4, 0.5) is 0 Å². The first-order valence-electron chi connectivity index (χ1n) is 7.42. The molecule has 0 radical (unpaired) electrons. The van der Waals surface area contributed by atoms with E-state index in [1.165, 1.54) is 0 Å². The van der Waals surface area contributed by atoms with E-state index in [-0.39, 0.29) is 5.91 Å². The molecule has 0 bridgehead atoms. The fraction of sp³-hybridized carbons (Fsp3) is 0.278. The zero-order valence-electron chi connectivity index (χ0n) is 13.4. The molecule has 118 valence electrons. The fourth-order valence-corrected chi connectivity index (χ4v) is 2.80. The molecule has 0 N–H and O–H groups in total. The molecule has 0 atom stereocenters. The van der Waals surface area contributed by atoms with Gasteiger partial charge in [0.25, 0.3) is 5.91 Å². The number of amides is 1. The number of pyridine rings is 1. The number of hydrogen-bond donors (Lipinski definition) is 0. The monoisotopic (exact) mass is 310 g/mol. The van der Waals surface area contributed by atoms with Gasteiger partial charge in [0.05, 0.1) is 23.4 Å². The van der Waals surface area contributed by atoms with E-state index in [1.807, 2.05) is 38.1 Å². The molecule has 2 heterocycles. The van der Waals surface area contributed by atoms with Gasteiger partial charge in [0.2, 0.25) is 0 Å². The van der Waals surface area contributed by atoms with Gasteiger partial charge in [0.1, 0.15) is 5.60 Å². The van der Waals surface area contributed by atoms with Gasteiger partial charge in [-0.05, 0) is 32.0 Å². The van der Waals surface area contributed by atoms with E-state index in [2.05, 4.69) is 4.98 Å². The van der Waals surface area contributed by atoms with Gasteiger partial charge in [-0.15, -0.1) is 0 Å². The number of carbonyl (C=O) groups excluding carboxylic acids is 2. The number of rotatable bonds is 3. The Balaban J connectivity index is 1.92. The average molecular weight is 310 g/mol. The predicted octanol–water partition coefficient (Wildman–Crippen LogP) is 2.76. The molecule has 0 saturated carbocycles. The third-order valence-corrected chi connectivity index (χ3v) is 3.97. The molecule has 23 heavy (non-hydrogen) atoms. The number of aromatic nitrogens is 1. The standard InChI is InChI=1S/C18H18N2O3/c1-18(2)14-9-6-8-13(15(14)17(22)23-18)16(21)20(3)11-12-7-4-5-10-19-12/h4-10H,11H2,1-3H3. The quantitative estimate of drug-likeness (QED) is 0.818. The normalized spacial score (nSPS) is 15.0. The number of benzene rings is 1. The van der Waals surface area contributed by atoms with E-state index in [0.29, 0.717) is 17.7 Å². The van der Waals surface area contributed by atoms with E-state index in [9.17, 15) is 9.59 Å². The lowest BCUT2D eigenvalue weighted by molar-refractivity contribution is 0.00943. The van der Waals surface area contributed by atoms with Gasteiger partial charge in [0, 0.05) is 18.8 Å². The van der Waals surface area contributed by atoms with Crippen LogP contribution in [0.15, 0.2) is 42.6 Å². The molecule has 1 aromatic carbocycles. The Kier molecular flexibility index (Phi) is 3.64. The minimum Gasteiger partial charge on any atom is -0.451 e. The molecule has 1 aromatic heterocycles. The molecule has 0 unspecified atom stereocenters. The second kappa shape index (κ2) is 5.50. The molecule has 5 heteroatoms. The van der Waals surface area contributed by atoms with Crippen LogP contribution in [0, 0.1) is 0 Å². The first kappa shape index (κ1) is 15.2. The van der Waals surface area contributed by atoms with Crippen LogP contribution in [0.5, 0.6) is 0 Å². The zero-order chi connectivity index (χ0) is 16.6. The maximum absolute atomic E-state index is 12.8. The first-order chi connectivity index (χ1) is 10.9. The molecular weight excluding hydrogens is 292 g/mol. The summed E-state index contributed by atoms with van der Waals surface area (Å²) in [4.78, 5) is 30.7. The van der Waals surface area contributed by atoms with Crippen LogP contribution in [-0.4, -0.2) is 28.8 Å². The minimum atomic E-state index is -0.706. The van der Waals surface area contributed by atoms with Crippen molar-refractivity contribution in [2.45, 2.75) is 26.0 Å². The lowest BCUT2D eigenvalue weighted by atomic mass is 9.92. The Hall–Kier alpha value is -2.69. The zero-order valence-corrected chi connectivity index (χ0v) is 13.4. The smallest absolute Gasteiger partial charge is 0.340 e. The van der Waals surface area contributed by atoms with Gasteiger partial charge in [-0.25, -0.2) is 4.79 Å². The van der Waals surface area contributed by atoms with E-state index in [0.717, 1.165) is 11.3 Å². The Morgan fingerprint density at radius 3 is 2.70 bits per heavy atom. The van der Waals surface area contributed by atoms with Gasteiger partial charge < -0.3 is 9.64 Å². The molecule has 0 spiro atoms. The van der Waals surface area contributed by atoms with Crippen LogP contribution in [0.2, 0.25) is 0 Å². The highest BCUT2D eigenvalue weighted by atomic mass is 16.6. The highest BCUT2D eigenvalue weighted by Crippen LogP contribution is 2.37. The molecule has 1 aliphatic heterocycles. The van der Waals surface area contributed by atoms with E-state index >= 15 is 0 Å². The van der Waals surface area contributed by atoms with Crippen molar-refractivity contribution < 1.29 is 14.3 Å². The first-order valence-corrected chi connectivity index (χ1v) is 7.42. The second-order valence-corrected chi connectivity index (χ2v) is 6.11. The molecular formula is C18H18N2O3. The van der Waals surface area contributed by atoms with Gasteiger partial charge >= 0.3 is 5.97 Å². The van der Waals surface area contributed by atoms with Gasteiger partial charge in [-0.2, -0.15) is 0 Å². The van der Waals surface area contributed by atoms with Crippen molar-refractivity contribution in [2.75, 3.05) is 7.05 Å². The predicted molar refractivity (Wildman–Crippen MR) is 84.9 cm³/mol. The van der Waals surface area contributed by atoms with Gasteiger partial charge in [0.15, 0.2) is 0 Å². The van der Waals surface area contributed by atoms with Crippen molar-refractivity contribution in [1.82, 2.24) is 9.88 Å². The molecule has 3 rings (SSSR count). The number of ether oxygens (including phenoxy) is 1. The minimum absolute atomic E-state index is 0.220. The summed E-state index contributed by atoms with van der Waals surface area (Å²) >= 11 is 0. The number of cyclic esters (lactones) is 1. The molecule has 0 fully saturated rings. The lowest BCUT2D eigenvalue weighted by Gasteiger charge is -2.19. The third-order valence-electron chi connectivity index (χ3n) is 3.97. The molecule has 0 aliphatic carbocycles. The summed E-state index contributed by atoms with van der Waals surface area (Å²) in [6.45, 7) is 4.02. The second-order valence-electron chi connectivity index (χ2n) is 6.11. The number of nitrogens with zero attached hydrogens (tertiary/aromatic N) is 2. The summed E-state index contributed by atoms with van der Waals surface area (Å²) < 4.78 is 5.39.